The van der Waals surface area contributed by atoms with E-state index in [-0.39, 0.29) is 6.42 Å². The third-order valence-electron chi connectivity index (χ3n) is 2.24. The van der Waals surface area contributed by atoms with Crippen LogP contribution in [0.5, 0.6) is 0 Å². The molecular formula is C11H16N2O2. The van der Waals surface area contributed by atoms with Crippen molar-refractivity contribution in [3.63, 3.8) is 0 Å². The van der Waals surface area contributed by atoms with Gasteiger partial charge in [0.2, 0.25) is 0 Å². The number of nitrogens with two attached hydrogens (primary N) is 1. The van der Waals surface area contributed by atoms with Crippen LogP contribution in [0.2, 0.25) is 0 Å². The van der Waals surface area contributed by atoms with E-state index in [2.05, 4.69) is 4.98 Å². The summed E-state index contributed by atoms with van der Waals surface area (Å²) in [6.07, 6.45) is 1.56. The second kappa shape index (κ2) is 4.89. The maximum atomic E-state index is 10.6. The lowest BCUT2D eigenvalue weighted by Gasteiger charge is -2.15. The summed E-state index contributed by atoms with van der Waals surface area (Å²) in [7, 11) is 0. The molecule has 4 nitrogen and oxygen atoms in total. The number of aliphatic carboxylic acids is 1. The molecule has 0 aliphatic heterocycles. The van der Waals surface area contributed by atoms with Crippen LogP contribution in [0.4, 0.5) is 0 Å². The van der Waals surface area contributed by atoms with Crippen LogP contribution >= 0.6 is 0 Å². The molecule has 0 aromatic carbocycles. The van der Waals surface area contributed by atoms with Crippen LogP contribution in [0.15, 0.2) is 18.3 Å². The summed E-state index contributed by atoms with van der Waals surface area (Å²) in [5.41, 5.74) is 7.50. The van der Waals surface area contributed by atoms with Gasteiger partial charge in [-0.15, -0.1) is 0 Å². The Morgan fingerprint density at radius 2 is 2.27 bits per heavy atom. The Hall–Kier alpha value is -1.42. The molecule has 0 bridgehead atoms. The van der Waals surface area contributed by atoms with Crippen molar-refractivity contribution in [1.29, 1.82) is 0 Å². The number of carbonyl (C=O) groups is 1. The summed E-state index contributed by atoms with van der Waals surface area (Å²) in [5.74, 6) is -0.601. The zero-order chi connectivity index (χ0) is 11.4. The van der Waals surface area contributed by atoms with E-state index in [0.717, 1.165) is 5.56 Å². The molecule has 0 spiro atoms. The zero-order valence-corrected chi connectivity index (χ0v) is 8.97. The van der Waals surface area contributed by atoms with Gasteiger partial charge in [-0.1, -0.05) is 19.9 Å². The number of aromatic nitrogens is 1. The minimum Gasteiger partial charge on any atom is -0.481 e. The highest BCUT2D eigenvalue weighted by Crippen LogP contribution is 2.23. The minimum atomic E-state index is -0.900. The second-order valence-electron chi connectivity index (χ2n) is 3.84. The van der Waals surface area contributed by atoms with Gasteiger partial charge in [0.1, 0.15) is 0 Å². The molecule has 0 amide bonds. The largest absolute Gasteiger partial charge is 0.481 e. The zero-order valence-electron chi connectivity index (χ0n) is 8.97. The molecule has 4 heteroatoms. The molecule has 1 atom stereocenters. The fourth-order valence-electron chi connectivity index (χ4n) is 1.51. The van der Waals surface area contributed by atoms with Crippen molar-refractivity contribution in [2.45, 2.75) is 32.2 Å². The molecule has 1 rings (SSSR count). The maximum Gasteiger partial charge on any atom is 0.305 e. The van der Waals surface area contributed by atoms with Crippen molar-refractivity contribution < 1.29 is 9.90 Å². The summed E-state index contributed by atoms with van der Waals surface area (Å²) in [4.78, 5) is 14.7. The highest BCUT2D eigenvalue weighted by Gasteiger charge is 2.16. The smallest absolute Gasteiger partial charge is 0.305 e. The van der Waals surface area contributed by atoms with E-state index in [9.17, 15) is 4.79 Å². The molecular weight excluding hydrogens is 192 g/mol. The Balaban J connectivity index is 2.97. The normalized spacial score (nSPS) is 12.8. The first-order chi connectivity index (χ1) is 7.02. The molecule has 3 N–H and O–H groups in total. The van der Waals surface area contributed by atoms with Crippen LogP contribution in [0, 0.1) is 0 Å². The summed E-state index contributed by atoms with van der Waals surface area (Å²) >= 11 is 0. The van der Waals surface area contributed by atoms with E-state index in [1.165, 1.54) is 0 Å². The summed E-state index contributed by atoms with van der Waals surface area (Å²) in [5, 5.41) is 8.67. The van der Waals surface area contributed by atoms with Gasteiger partial charge >= 0.3 is 5.97 Å². The molecule has 0 fully saturated rings. The first-order valence-electron chi connectivity index (χ1n) is 4.94. The van der Waals surface area contributed by atoms with Gasteiger partial charge in [-0.3, -0.25) is 9.78 Å². The number of carboxylic acids is 1. The first-order valence-corrected chi connectivity index (χ1v) is 4.94. The number of hydrogen-bond acceptors (Lipinski definition) is 3. The predicted molar refractivity (Wildman–Crippen MR) is 57.5 cm³/mol. The van der Waals surface area contributed by atoms with Crippen molar-refractivity contribution in [1.82, 2.24) is 4.98 Å². The van der Waals surface area contributed by atoms with Gasteiger partial charge in [0.25, 0.3) is 0 Å². The fraction of sp³-hybridized carbons (Fsp3) is 0.455. The summed E-state index contributed by atoms with van der Waals surface area (Å²) < 4.78 is 0. The highest BCUT2D eigenvalue weighted by molar-refractivity contribution is 5.67. The van der Waals surface area contributed by atoms with Crippen LogP contribution in [0.1, 0.15) is 43.5 Å². The Kier molecular flexibility index (Phi) is 3.80. The molecule has 0 aliphatic carbocycles. The molecule has 15 heavy (non-hydrogen) atoms. The van der Waals surface area contributed by atoms with Gasteiger partial charge in [0, 0.05) is 6.20 Å². The van der Waals surface area contributed by atoms with Crippen LogP contribution in [0.25, 0.3) is 0 Å². The van der Waals surface area contributed by atoms with E-state index in [0.29, 0.717) is 11.6 Å². The maximum absolute atomic E-state index is 10.6. The highest BCUT2D eigenvalue weighted by atomic mass is 16.4. The van der Waals surface area contributed by atoms with E-state index in [4.69, 9.17) is 10.8 Å². The van der Waals surface area contributed by atoms with Crippen molar-refractivity contribution >= 4 is 5.97 Å². The monoisotopic (exact) mass is 208 g/mol. The fourth-order valence-corrected chi connectivity index (χ4v) is 1.51. The van der Waals surface area contributed by atoms with Crippen LogP contribution < -0.4 is 5.73 Å². The molecule has 0 saturated heterocycles. The Morgan fingerprint density at radius 3 is 2.80 bits per heavy atom. The quantitative estimate of drug-likeness (QED) is 0.789. The van der Waals surface area contributed by atoms with Crippen molar-refractivity contribution in [3.8, 4) is 0 Å². The molecule has 82 valence electrons. The number of pyridine rings is 1. The third-order valence-corrected chi connectivity index (χ3v) is 2.24. The average Bonchev–Trinajstić information content (AvgIpc) is 2.16. The van der Waals surface area contributed by atoms with Gasteiger partial charge in [0.05, 0.1) is 18.2 Å². The topological polar surface area (TPSA) is 76.2 Å². The van der Waals surface area contributed by atoms with Crippen molar-refractivity contribution in [2.24, 2.45) is 5.73 Å². The Labute approximate surface area is 89.1 Å². The van der Waals surface area contributed by atoms with Gasteiger partial charge in [-0.05, 0) is 17.5 Å². The number of carboxylic acid groups (broad SMARTS) is 1. The lowest BCUT2D eigenvalue weighted by atomic mass is 9.96. The molecule has 0 aliphatic rings. The van der Waals surface area contributed by atoms with Crippen LogP contribution in [0.3, 0.4) is 0 Å². The standard InChI is InChI=1S/C11H16N2O2/c1-7(2)8-4-3-5-13-11(8)9(12)6-10(14)15/h3-5,7,9H,6,12H2,1-2H3,(H,14,15). The van der Waals surface area contributed by atoms with Crippen LogP contribution in [-0.2, 0) is 4.79 Å². The van der Waals surface area contributed by atoms with Gasteiger partial charge in [0.15, 0.2) is 0 Å². The number of nitrogens with zero attached hydrogens (tertiary/aromatic N) is 1. The van der Waals surface area contributed by atoms with Crippen molar-refractivity contribution in [2.75, 3.05) is 0 Å². The SMILES string of the molecule is CC(C)c1cccnc1C(N)CC(=O)O. The lowest BCUT2D eigenvalue weighted by molar-refractivity contribution is -0.137. The molecule has 1 heterocycles. The molecule has 1 unspecified atom stereocenters. The first kappa shape index (κ1) is 11.7. The third kappa shape index (κ3) is 3.02. The predicted octanol–water partition coefficient (Wildman–Crippen LogP) is 1.68. The average molecular weight is 208 g/mol. The van der Waals surface area contributed by atoms with Gasteiger partial charge in [-0.25, -0.2) is 0 Å². The molecule has 0 saturated carbocycles. The molecule has 0 radical (unpaired) electrons. The minimum absolute atomic E-state index is 0.0866. The van der Waals surface area contributed by atoms with Crippen LogP contribution in [-0.4, -0.2) is 16.1 Å². The Bertz CT molecular complexity index is 350. The second-order valence-corrected chi connectivity index (χ2v) is 3.84. The summed E-state index contributed by atoms with van der Waals surface area (Å²) in [6, 6.07) is 3.25. The van der Waals surface area contributed by atoms with E-state index in [1.54, 1.807) is 6.20 Å². The molecule has 1 aromatic rings. The summed E-state index contributed by atoms with van der Waals surface area (Å²) in [6.45, 7) is 4.07. The van der Waals surface area contributed by atoms with Gasteiger partial charge < -0.3 is 10.8 Å². The number of hydrogen-bond donors (Lipinski definition) is 2. The molecule has 1 aromatic heterocycles. The van der Waals surface area contributed by atoms with Crippen molar-refractivity contribution in [3.05, 3.63) is 29.6 Å². The Morgan fingerprint density at radius 1 is 1.60 bits per heavy atom. The van der Waals surface area contributed by atoms with E-state index < -0.39 is 12.0 Å². The van der Waals surface area contributed by atoms with E-state index >= 15 is 0 Å². The van der Waals surface area contributed by atoms with E-state index in [1.807, 2.05) is 26.0 Å². The van der Waals surface area contributed by atoms with Gasteiger partial charge in [-0.2, -0.15) is 0 Å². The lowest BCUT2D eigenvalue weighted by Crippen LogP contribution is -2.18. The number of rotatable bonds is 4.